The van der Waals surface area contributed by atoms with Crippen LogP contribution in [0.1, 0.15) is 71.8 Å². The second-order valence-corrected chi connectivity index (χ2v) is 14.4. The summed E-state index contributed by atoms with van der Waals surface area (Å²) in [4.78, 5) is 18.9. The van der Waals surface area contributed by atoms with Crippen molar-refractivity contribution in [2.24, 2.45) is 17.6 Å². The summed E-state index contributed by atoms with van der Waals surface area (Å²) in [5.74, 6) is 2.89. The number of nitrogens with two attached hydrogens (primary N) is 1. The summed E-state index contributed by atoms with van der Waals surface area (Å²) in [6, 6.07) is 8.76. The highest BCUT2D eigenvalue weighted by Gasteiger charge is 2.28. The zero-order chi connectivity index (χ0) is 31.7. The number of carbonyl (C=O) groups excluding carboxylic acids is 1. The van der Waals surface area contributed by atoms with Crippen molar-refractivity contribution in [3.05, 3.63) is 77.3 Å². The molecule has 1 unspecified atom stereocenters. The average Bonchev–Trinajstić information content (AvgIpc) is 2.95. The number of likely N-dealkylation sites (tertiary alicyclic amines) is 1. The first-order valence-corrected chi connectivity index (χ1v) is 17.4. The maximum absolute atomic E-state index is 12.4. The number of hydrogen-bond donors (Lipinski definition) is 1. The highest BCUT2D eigenvalue weighted by Crippen LogP contribution is 2.32. The molecule has 7 nitrogen and oxygen atoms in total. The van der Waals surface area contributed by atoms with Crippen LogP contribution in [0.5, 0.6) is 5.75 Å². The lowest BCUT2D eigenvalue weighted by Gasteiger charge is -2.38. The Morgan fingerprint density at radius 3 is 2.45 bits per heavy atom. The minimum Gasteiger partial charge on any atom is -0.493 e. The van der Waals surface area contributed by atoms with Gasteiger partial charge in [-0.3, -0.25) is 0 Å². The fourth-order valence-electron chi connectivity index (χ4n) is 5.90. The van der Waals surface area contributed by atoms with E-state index >= 15 is 0 Å². The van der Waals surface area contributed by atoms with Gasteiger partial charge in [-0.05, 0) is 113 Å². The zero-order valence-electron chi connectivity index (χ0n) is 27.6. The topological polar surface area (TPSA) is 71.3 Å². The van der Waals surface area contributed by atoms with Gasteiger partial charge < -0.3 is 29.9 Å². The average molecular weight is 623 g/mol. The van der Waals surface area contributed by atoms with Crippen molar-refractivity contribution in [1.29, 1.82) is 0 Å². The van der Waals surface area contributed by atoms with E-state index in [4.69, 9.17) is 15.2 Å². The van der Waals surface area contributed by atoms with Gasteiger partial charge in [-0.15, -0.1) is 11.8 Å². The highest BCUT2D eigenvalue weighted by atomic mass is 32.2. The predicted molar refractivity (Wildman–Crippen MR) is 183 cm³/mol. The standard InChI is InChI=1S/C36H54N4O3S/c1-7-33(34-19-24-44-23-18-27(2)38(34)6)40(25-32(37)30-9-8-10-30)22-15-28-11-13-31(14-12-28)42-26-29-16-20-39(21-17-29)35(41)43-36(3,4)5/h7,11-14,18,23,25,29-30,34H,2,8-10,15-17,19-22,24,26,37H2,1,3-6H3/b23-18-,32-25-,33-7+. The number of carbonyl (C=O) groups is 1. The summed E-state index contributed by atoms with van der Waals surface area (Å²) < 4.78 is 11.7. The van der Waals surface area contributed by atoms with Gasteiger partial charge in [0, 0.05) is 50.0 Å². The van der Waals surface area contributed by atoms with Crippen molar-refractivity contribution >= 4 is 17.9 Å². The molecule has 1 aromatic rings. The Morgan fingerprint density at radius 2 is 1.84 bits per heavy atom. The molecule has 1 saturated heterocycles. The summed E-state index contributed by atoms with van der Waals surface area (Å²) in [6.07, 6.45) is 13.8. The molecule has 0 spiro atoms. The number of ether oxygens (including phenoxy) is 2. The number of amides is 1. The third kappa shape index (κ3) is 9.75. The fourth-order valence-corrected chi connectivity index (χ4v) is 6.65. The van der Waals surface area contributed by atoms with E-state index in [1.165, 1.54) is 30.5 Å². The van der Waals surface area contributed by atoms with Crippen LogP contribution in [-0.4, -0.2) is 71.5 Å². The molecule has 0 aromatic heterocycles. The Kier molecular flexibility index (Phi) is 12.2. The van der Waals surface area contributed by atoms with Crippen LogP contribution in [0.25, 0.3) is 0 Å². The Labute approximate surface area is 270 Å². The second kappa shape index (κ2) is 15.8. The van der Waals surface area contributed by atoms with Crippen LogP contribution in [0.2, 0.25) is 0 Å². The molecular weight excluding hydrogens is 568 g/mol. The predicted octanol–water partition coefficient (Wildman–Crippen LogP) is 7.53. The number of benzene rings is 1. The third-order valence-corrected chi connectivity index (χ3v) is 9.75. The van der Waals surface area contributed by atoms with Crippen molar-refractivity contribution in [1.82, 2.24) is 14.7 Å². The minimum atomic E-state index is -0.464. The van der Waals surface area contributed by atoms with Crippen molar-refractivity contribution in [2.45, 2.75) is 84.3 Å². The molecule has 1 aromatic carbocycles. The van der Waals surface area contributed by atoms with E-state index < -0.39 is 5.60 Å². The number of allylic oxidation sites excluding steroid dienone is 3. The van der Waals surface area contributed by atoms with E-state index in [0.717, 1.165) is 55.1 Å². The van der Waals surface area contributed by atoms with Gasteiger partial charge in [0.15, 0.2) is 0 Å². The maximum atomic E-state index is 12.4. The Balaban J connectivity index is 1.33. The highest BCUT2D eigenvalue weighted by molar-refractivity contribution is 8.02. The molecule has 0 radical (unpaired) electrons. The van der Waals surface area contributed by atoms with E-state index in [1.54, 1.807) is 0 Å². The Morgan fingerprint density at radius 1 is 1.14 bits per heavy atom. The summed E-state index contributed by atoms with van der Waals surface area (Å²) in [5, 5.41) is 2.15. The van der Waals surface area contributed by atoms with Crippen molar-refractivity contribution < 1.29 is 14.3 Å². The molecule has 2 aliphatic heterocycles. The lowest BCUT2D eigenvalue weighted by atomic mass is 9.83. The number of hydrogen-bond acceptors (Lipinski definition) is 7. The number of nitrogens with zero attached hydrogens (tertiary/aromatic N) is 3. The molecule has 1 amide bonds. The minimum absolute atomic E-state index is 0.216. The molecule has 242 valence electrons. The van der Waals surface area contributed by atoms with E-state index in [1.807, 2.05) is 37.4 Å². The molecule has 2 N–H and O–H groups in total. The van der Waals surface area contributed by atoms with Gasteiger partial charge in [-0.2, -0.15) is 0 Å². The van der Waals surface area contributed by atoms with E-state index in [2.05, 4.69) is 78.4 Å². The molecule has 3 aliphatic rings. The smallest absolute Gasteiger partial charge is 0.410 e. The van der Waals surface area contributed by atoms with Gasteiger partial charge in [0.05, 0.1) is 12.6 Å². The Bertz CT molecular complexity index is 1190. The summed E-state index contributed by atoms with van der Waals surface area (Å²) in [6.45, 7) is 15.1. The zero-order valence-corrected chi connectivity index (χ0v) is 28.4. The number of likely N-dealkylation sites (N-methyl/N-ethyl adjacent to an activating group) is 1. The number of piperidine rings is 1. The van der Waals surface area contributed by atoms with Gasteiger partial charge >= 0.3 is 6.09 Å². The van der Waals surface area contributed by atoms with E-state index in [-0.39, 0.29) is 12.1 Å². The SMILES string of the molecule is C=C1/C=C\SCCC(/C(=C\C)N(/C=C(\N)C2CCC2)CCc2ccc(OCC3CCN(C(=O)OC(C)(C)C)CC3)cc2)N1C. The van der Waals surface area contributed by atoms with Crippen LogP contribution in [0.3, 0.4) is 0 Å². The Hall–Kier alpha value is -3.00. The van der Waals surface area contributed by atoms with Gasteiger partial charge in [0.25, 0.3) is 0 Å². The van der Waals surface area contributed by atoms with Crippen molar-refractivity contribution in [3.8, 4) is 5.75 Å². The molecule has 0 bridgehead atoms. The monoisotopic (exact) mass is 622 g/mol. The van der Waals surface area contributed by atoms with Crippen LogP contribution in [0.4, 0.5) is 4.79 Å². The van der Waals surface area contributed by atoms with Gasteiger partial charge in [-0.1, -0.05) is 31.2 Å². The molecule has 1 saturated carbocycles. The van der Waals surface area contributed by atoms with Crippen LogP contribution in [-0.2, 0) is 11.2 Å². The molecule has 2 heterocycles. The van der Waals surface area contributed by atoms with E-state index in [9.17, 15) is 4.79 Å². The largest absolute Gasteiger partial charge is 0.493 e. The second-order valence-electron chi connectivity index (χ2n) is 13.4. The molecule has 44 heavy (non-hydrogen) atoms. The van der Waals surface area contributed by atoms with Gasteiger partial charge in [0.2, 0.25) is 0 Å². The summed E-state index contributed by atoms with van der Waals surface area (Å²) >= 11 is 1.85. The van der Waals surface area contributed by atoms with Crippen molar-refractivity contribution in [2.75, 3.05) is 39.0 Å². The molecule has 8 heteroatoms. The lowest BCUT2D eigenvalue weighted by Crippen LogP contribution is -2.42. The molecular formula is C36H54N4O3S. The first-order chi connectivity index (χ1) is 21.0. The lowest BCUT2D eigenvalue weighted by molar-refractivity contribution is 0.0165. The number of thioether (sulfide) groups is 1. The van der Waals surface area contributed by atoms with Crippen molar-refractivity contribution in [3.63, 3.8) is 0 Å². The quantitative estimate of drug-likeness (QED) is 0.289. The summed E-state index contributed by atoms with van der Waals surface area (Å²) in [5.41, 5.74) is 10.8. The van der Waals surface area contributed by atoms with E-state index in [0.29, 0.717) is 31.5 Å². The maximum Gasteiger partial charge on any atom is 0.410 e. The van der Waals surface area contributed by atoms with Crippen LogP contribution >= 0.6 is 11.8 Å². The first kappa shape index (κ1) is 33.9. The molecule has 4 rings (SSSR count). The third-order valence-electron chi connectivity index (χ3n) is 8.95. The van der Waals surface area contributed by atoms with Crippen LogP contribution in [0, 0.1) is 11.8 Å². The first-order valence-electron chi connectivity index (χ1n) is 16.3. The number of rotatable bonds is 10. The van der Waals surface area contributed by atoms with Gasteiger partial charge in [0.1, 0.15) is 11.4 Å². The van der Waals surface area contributed by atoms with Crippen LogP contribution < -0.4 is 10.5 Å². The van der Waals surface area contributed by atoms with Crippen LogP contribution in [0.15, 0.2) is 71.7 Å². The fraction of sp³-hybridized carbons (Fsp3) is 0.583. The molecule has 1 atom stereocenters. The molecule has 1 aliphatic carbocycles. The normalized spacial score (nSPS) is 21.8. The molecule has 2 fully saturated rings. The summed E-state index contributed by atoms with van der Waals surface area (Å²) in [7, 11) is 2.15. The van der Waals surface area contributed by atoms with Gasteiger partial charge in [-0.25, -0.2) is 4.79 Å².